The van der Waals surface area contributed by atoms with Crippen molar-refractivity contribution >= 4 is 111 Å². The summed E-state index contributed by atoms with van der Waals surface area (Å²) in [5, 5.41) is 9.85. The third-order valence-corrected chi connectivity index (χ3v) is 29.7. The molecule has 0 saturated carbocycles. The monoisotopic (exact) mass is 1880 g/mol. The molecule has 4 nitrogen and oxygen atoms in total. The summed E-state index contributed by atoms with van der Waals surface area (Å²) in [4.78, 5) is 9.84. The summed E-state index contributed by atoms with van der Waals surface area (Å²) in [6.45, 7) is 8.99. The maximum absolute atomic E-state index is 2.62. The number of hydrogen-bond donors (Lipinski definition) is 0. The van der Waals surface area contributed by atoms with Gasteiger partial charge in [-0.1, -0.05) is 453 Å². The van der Waals surface area contributed by atoms with Crippen molar-refractivity contribution < 1.29 is 0 Å². The molecular formula is C142H122N4. The number of unbranched alkanes of at least 4 members (excludes halogenated alkanes) is 10. The summed E-state index contributed by atoms with van der Waals surface area (Å²) in [5.74, 6) is 0. The van der Waals surface area contributed by atoms with Gasteiger partial charge in [0.1, 0.15) is 0 Å². The molecule has 0 unspecified atom stereocenters. The third kappa shape index (κ3) is 20.1. The highest BCUT2D eigenvalue weighted by Gasteiger charge is 2.29. The van der Waals surface area contributed by atoms with E-state index in [-0.39, 0.29) is 0 Å². The molecule has 0 spiro atoms. The molecule has 0 aliphatic carbocycles. The van der Waals surface area contributed by atoms with Gasteiger partial charge in [-0.25, -0.2) is 0 Å². The molecule has 0 aliphatic heterocycles. The summed E-state index contributed by atoms with van der Waals surface area (Å²) >= 11 is 0. The van der Waals surface area contributed by atoms with Crippen LogP contribution in [-0.2, 0) is 12.8 Å². The normalized spacial score (nSPS) is 11.4. The molecule has 0 radical (unpaired) electrons. The number of aryl methyl sites for hydroxylation is 4. The molecule has 0 atom stereocenters. The van der Waals surface area contributed by atoms with E-state index >= 15 is 0 Å². The summed E-state index contributed by atoms with van der Waals surface area (Å²) in [5.41, 5.74) is 40.2. The molecule has 0 bridgehead atoms. The Balaban J connectivity index is 0.604. The number of rotatable bonds is 35. The molecule has 22 rings (SSSR count). The van der Waals surface area contributed by atoms with Crippen LogP contribution in [0.3, 0.4) is 0 Å². The van der Waals surface area contributed by atoms with Crippen molar-refractivity contribution in [1.82, 2.24) is 0 Å². The number of anilines is 12. The Morgan fingerprint density at radius 1 is 0.151 bits per heavy atom. The first-order valence-corrected chi connectivity index (χ1v) is 52.7. The highest BCUT2D eigenvalue weighted by atomic mass is 15.2. The highest BCUT2D eigenvalue weighted by molar-refractivity contribution is 6.17. The van der Waals surface area contributed by atoms with Crippen molar-refractivity contribution in [3.63, 3.8) is 0 Å². The van der Waals surface area contributed by atoms with Crippen molar-refractivity contribution in [3.8, 4) is 100 Å². The summed E-state index contributed by atoms with van der Waals surface area (Å²) < 4.78 is 0. The van der Waals surface area contributed by atoms with Crippen LogP contribution in [0.5, 0.6) is 0 Å². The van der Waals surface area contributed by atoms with Gasteiger partial charge in [-0.05, 0) is 317 Å². The Bertz CT molecular complexity index is 8220. The SMILES string of the molecule is CCCCCCCCc1cc(N(c2ccc(C)cc2)c2ccc(-c3ccccc3)cc2)c2ccccc2c1-c1c(CCCCCCCC)cc(N(c2ccc(-c3ccccc3)cc2)c2ccc(-c3ccc(N(c4ccc(-c5ccccc5)cc4)c4ccc(-c5ccc(-c6ccc(-c7ccc(N(c8ccc(C)cc8)c8ccc(-c9ccccc9)cc8)cc7)c7ccccc67)c6ccccc56)cc4)cc3)cc2)c2ccccc12. The van der Waals surface area contributed by atoms with Gasteiger partial charge >= 0.3 is 0 Å². The molecule has 0 N–H and O–H groups in total. The van der Waals surface area contributed by atoms with Gasteiger partial charge in [0, 0.05) is 67.6 Å². The van der Waals surface area contributed by atoms with Crippen molar-refractivity contribution in [2.75, 3.05) is 19.6 Å². The third-order valence-electron chi connectivity index (χ3n) is 29.7. The number of benzene rings is 22. The van der Waals surface area contributed by atoms with Crippen LogP contribution in [0, 0.1) is 13.8 Å². The maximum atomic E-state index is 2.62. The highest BCUT2D eigenvalue weighted by Crippen LogP contribution is 2.53. The first-order valence-electron chi connectivity index (χ1n) is 52.7. The Morgan fingerprint density at radius 3 is 0.603 bits per heavy atom. The van der Waals surface area contributed by atoms with E-state index in [0.717, 1.165) is 99.2 Å². The minimum atomic E-state index is 0.941. The molecule has 146 heavy (non-hydrogen) atoms. The molecule has 0 aliphatic rings. The van der Waals surface area contributed by atoms with E-state index in [4.69, 9.17) is 0 Å². The predicted molar refractivity (Wildman–Crippen MR) is 628 cm³/mol. The maximum Gasteiger partial charge on any atom is 0.0543 e. The Morgan fingerprint density at radius 2 is 0.342 bits per heavy atom. The predicted octanol–water partition coefficient (Wildman–Crippen LogP) is 41.6. The molecule has 0 aromatic heterocycles. The quantitative estimate of drug-likeness (QED) is 0.0367. The largest absolute Gasteiger partial charge is 0.311 e. The zero-order chi connectivity index (χ0) is 98.4. The standard InChI is InChI=1S/C142H122N4/c1-5-7-9-11-13-19-45-115-99-139(145(123-77-57-102(4)58-78-123)124-85-65-109(66-86-124)105-41-25-17-26-42-105)135-51-33-35-53-137(135)141(115)142-116(46-20-14-12-10-8-6-2)100-140(136-52-34-36-54-138(136)142)146(125-87-67-110(68-88-125)106-43-27-18-28-44-106)126-89-69-112(70-90-126)111-63-83-120(84-64-111)144(119-81-61-108(62-82-119)104-39-23-16-24-40-104)122-93-73-114(74-94-122)128-96-98-134(132-50-32-30-48-130(128)132)133-97-95-127(129-47-29-31-49-131(129)133)113-71-91-121(92-72-113)143(117-75-55-101(3)56-76-117)118-79-59-107(60-80-118)103-37-21-15-22-38-103/h15-18,21-44,47-100H,5-14,19-20,45-46H2,1-4H3. The van der Waals surface area contributed by atoms with E-state index in [1.165, 1.54) is 224 Å². The molecule has 0 heterocycles. The molecule has 710 valence electrons. The lowest BCUT2D eigenvalue weighted by molar-refractivity contribution is 0.607. The van der Waals surface area contributed by atoms with Crippen LogP contribution in [0.4, 0.5) is 68.2 Å². The summed E-state index contributed by atoms with van der Waals surface area (Å²) in [7, 11) is 0. The average molecular weight is 1880 g/mol. The topological polar surface area (TPSA) is 13.0 Å². The van der Waals surface area contributed by atoms with E-state index in [1.54, 1.807) is 0 Å². The molecule has 4 heteroatoms. The van der Waals surface area contributed by atoms with E-state index in [2.05, 4.69) is 545 Å². The van der Waals surface area contributed by atoms with Crippen LogP contribution in [0.1, 0.15) is 113 Å². The summed E-state index contributed by atoms with van der Waals surface area (Å²) in [6.07, 6.45) is 16.4. The van der Waals surface area contributed by atoms with Gasteiger partial charge < -0.3 is 19.6 Å². The molecule has 0 amide bonds. The molecule has 0 fully saturated rings. The van der Waals surface area contributed by atoms with Crippen LogP contribution in [0.15, 0.2) is 497 Å². The van der Waals surface area contributed by atoms with E-state index in [0.29, 0.717) is 0 Å². The van der Waals surface area contributed by atoms with Crippen molar-refractivity contribution in [2.24, 2.45) is 0 Å². The number of fused-ring (bicyclic) bond motifs is 4. The smallest absolute Gasteiger partial charge is 0.0543 e. The summed E-state index contributed by atoms with van der Waals surface area (Å²) in [6, 6.07) is 186. The lowest BCUT2D eigenvalue weighted by atomic mass is 9.83. The number of hydrogen-bond acceptors (Lipinski definition) is 4. The molecule has 22 aromatic carbocycles. The van der Waals surface area contributed by atoms with Crippen LogP contribution >= 0.6 is 0 Å². The molecular weight excluding hydrogens is 1760 g/mol. The Labute approximate surface area is 862 Å². The second kappa shape index (κ2) is 43.9. The van der Waals surface area contributed by atoms with Crippen LogP contribution in [0.25, 0.3) is 143 Å². The van der Waals surface area contributed by atoms with Gasteiger partial charge in [-0.3, -0.25) is 0 Å². The fraction of sp³-hybridized carbons (Fsp3) is 0.127. The van der Waals surface area contributed by atoms with Crippen LogP contribution in [0.2, 0.25) is 0 Å². The fourth-order valence-corrected chi connectivity index (χ4v) is 22.0. The fourth-order valence-electron chi connectivity index (χ4n) is 22.0. The van der Waals surface area contributed by atoms with Crippen LogP contribution < -0.4 is 19.6 Å². The zero-order valence-corrected chi connectivity index (χ0v) is 84.0. The van der Waals surface area contributed by atoms with E-state index < -0.39 is 0 Å². The van der Waals surface area contributed by atoms with Gasteiger partial charge in [-0.2, -0.15) is 0 Å². The van der Waals surface area contributed by atoms with Gasteiger partial charge in [0.15, 0.2) is 0 Å². The second-order valence-corrected chi connectivity index (χ2v) is 39.3. The lowest BCUT2D eigenvalue weighted by Crippen LogP contribution is -2.13. The molecule has 0 saturated heterocycles. The van der Waals surface area contributed by atoms with Gasteiger partial charge in [0.25, 0.3) is 0 Å². The first-order chi connectivity index (χ1) is 72.2. The van der Waals surface area contributed by atoms with Crippen molar-refractivity contribution in [1.29, 1.82) is 0 Å². The minimum absolute atomic E-state index is 0.941. The van der Waals surface area contributed by atoms with Crippen LogP contribution in [-0.4, -0.2) is 0 Å². The Kier molecular flexibility index (Phi) is 28.3. The van der Waals surface area contributed by atoms with E-state index in [9.17, 15) is 0 Å². The minimum Gasteiger partial charge on any atom is -0.311 e. The van der Waals surface area contributed by atoms with Crippen molar-refractivity contribution in [3.05, 3.63) is 520 Å². The van der Waals surface area contributed by atoms with Gasteiger partial charge in [-0.15, -0.1) is 0 Å². The van der Waals surface area contributed by atoms with Gasteiger partial charge in [0.2, 0.25) is 0 Å². The molecule has 22 aromatic rings. The average Bonchev–Trinajstić information content (AvgIpc) is 0.719. The lowest BCUT2D eigenvalue weighted by Gasteiger charge is -2.31. The first kappa shape index (κ1) is 94.0. The van der Waals surface area contributed by atoms with Crippen molar-refractivity contribution in [2.45, 2.75) is 118 Å². The Hall–Kier alpha value is -16.9. The zero-order valence-electron chi connectivity index (χ0n) is 84.0. The second-order valence-electron chi connectivity index (χ2n) is 39.3. The van der Waals surface area contributed by atoms with E-state index in [1.807, 2.05) is 0 Å². The van der Waals surface area contributed by atoms with Gasteiger partial charge in [0.05, 0.1) is 11.4 Å². The number of nitrogens with zero attached hydrogens (tertiary/aromatic N) is 4.